The van der Waals surface area contributed by atoms with Gasteiger partial charge in [-0.2, -0.15) is 0 Å². The van der Waals surface area contributed by atoms with Crippen LogP contribution in [0, 0.1) is 10.1 Å². The molecule has 1 aromatic carbocycles. The second kappa shape index (κ2) is 10.3. The molecule has 0 amide bonds. The van der Waals surface area contributed by atoms with E-state index >= 15 is 0 Å². The van der Waals surface area contributed by atoms with E-state index in [4.69, 9.17) is 31.3 Å². The summed E-state index contributed by atoms with van der Waals surface area (Å²) in [6.07, 6.45) is -1.13. The van der Waals surface area contributed by atoms with Crippen molar-refractivity contribution in [3.63, 3.8) is 0 Å². The molecule has 0 saturated carbocycles. The predicted molar refractivity (Wildman–Crippen MR) is 90.4 cm³/mol. The third kappa shape index (κ3) is 6.46. The molecule has 10 heteroatoms. The lowest BCUT2D eigenvalue weighted by Gasteiger charge is -2.19. The largest absolute Gasteiger partial charge is 0.394 e. The molecule has 0 aromatic heterocycles. The molecule has 0 fully saturated rings. The normalized spacial score (nSPS) is 13.4. The van der Waals surface area contributed by atoms with Gasteiger partial charge in [-0.3, -0.25) is 10.1 Å². The van der Waals surface area contributed by atoms with Crippen molar-refractivity contribution in [1.82, 2.24) is 0 Å². The molecule has 0 radical (unpaired) electrons. The quantitative estimate of drug-likeness (QED) is 0.266. The maximum Gasteiger partial charge on any atom is 0.315 e. The number of rotatable bonds is 11. The van der Waals surface area contributed by atoms with Crippen LogP contribution < -0.4 is 10.6 Å². The Balaban J connectivity index is 3.04. The fraction of sp³-hybridized carbons (Fsp3) is 0.571. The number of nitro groups is 1. The summed E-state index contributed by atoms with van der Waals surface area (Å²) >= 11 is 6.04. The molecular formula is C14H22ClN3O6. The molecule has 0 saturated heterocycles. The van der Waals surface area contributed by atoms with Gasteiger partial charge in [0.05, 0.1) is 31.4 Å². The number of nitrogens with one attached hydrogen (secondary N) is 2. The van der Waals surface area contributed by atoms with E-state index < -0.39 is 17.4 Å². The van der Waals surface area contributed by atoms with Gasteiger partial charge in [-0.15, -0.1) is 0 Å². The Labute approximate surface area is 144 Å². The van der Waals surface area contributed by atoms with Crippen molar-refractivity contribution in [3.05, 3.63) is 27.3 Å². The number of benzene rings is 1. The van der Waals surface area contributed by atoms with Crippen LogP contribution in [-0.4, -0.2) is 54.0 Å². The third-order valence-electron chi connectivity index (χ3n) is 2.89. The summed E-state index contributed by atoms with van der Waals surface area (Å²) in [5, 5.41) is 35.0. The maximum atomic E-state index is 11.5. The summed E-state index contributed by atoms with van der Waals surface area (Å²) in [4.78, 5) is 10.9. The number of aliphatic hydroxyl groups excluding tert-OH is 2. The second-order valence-electron chi connectivity index (χ2n) is 4.87. The Morgan fingerprint density at radius 1 is 1.12 bits per heavy atom. The van der Waals surface area contributed by atoms with Crippen molar-refractivity contribution in [2.75, 3.05) is 37.1 Å². The maximum absolute atomic E-state index is 11.5. The molecule has 2 unspecified atom stereocenters. The van der Waals surface area contributed by atoms with Gasteiger partial charge in [-0.1, -0.05) is 11.6 Å². The molecule has 0 aliphatic heterocycles. The van der Waals surface area contributed by atoms with Gasteiger partial charge in [0.1, 0.15) is 23.8 Å². The minimum Gasteiger partial charge on any atom is -0.394 e. The summed E-state index contributed by atoms with van der Waals surface area (Å²) in [7, 11) is 0. The molecule has 24 heavy (non-hydrogen) atoms. The van der Waals surface area contributed by atoms with E-state index in [-0.39, 0.29) is 48.5 Å². The molecule has 1 rings (SSSR count). The van der Waals surface area contributed by atoms with E-state index in [0.29, 0.717) is 0 Å². The average molecular weight is 364 g/mol. The zero-order valence-electron chi connectivity index (χ0n) is 13.5. The first-order valence-electron chi connectivity index (χ1n) is 7.35. The lowest BCUT2D eigenvalue weighted by atomic mass is 10.2. The Bertz CT molecular complexity index is 508. The highest BCUT2D eigenvalue weighted by molar-refractivity contribution is 6.31. The van der Waals surface area contributed by atoms with E-state index in [0.717, 1.165) is 0 Å². The number of nitro benzene ring substituents is 1. The van der Waals surface area contributed by atoms with Crippen molar-refractivity contribution in [2.24, 2.45) is 0 Å². The van der Waals surface area contributed by atoms with E-state index in [1.54, 1.807) is 13.8 Å². The molecular weight excluding hydrogens is 342 g/mol. The van der Waals surface area contributed by atoms with Gasteiger partial charge < -0.3 is 30.3 Å². The van der Waals surface area contributed by atoms with Crippen LogP contribution in [-0.2, 0) is 9.47 Å². The van der Waals surface area contributed by atoms with Gasteiger partial charge in [-0.05, 0) is 26.0 Å². The molecule has 2 atom stereocenters. The molecule has 4 N–H and O–H groups in total. The van der Waals surface area contributed by atoms with Crippen LogP contribution in [0.2, 0.25) is 5.02 Å². The van der Waals surface area contributed by atoms with Crippen LogP contribution in [0.3, 0.4) is 0 Å². The highest BCUT2D eigenvalue weighted by Gasteiger charge is 2.23. The van der Waals surface area contributed by atoms with Gasteiger partial charge in [0, 0.05) is 5.02 Å². The first-order chi connectivity index (χ1) is 11.4. The van der Waals surface area contributed by atoms with Gasteiger partial charge in [0.2, 0.25) is 0 Å². The SMILES string of the molecule is CC(Nc1cc(Cl)cc(NC(C)OCCO)c1[N+](=O)[O-])OCCO. The molecule has 0 heterocycles. The van der Waals surface area contributed by atoms with Gasteiger partial charge in [0.25, 0.3) is 0 Å². The lowest BCUT2D eigenvalue weighted by molar-refractivity contribution is -0.383. The summed E-state index contributed by atoms with van der Waals surface area (Å²) in [5.74, 6) is 0. The monoisotopic (exact) mass is 363 g/mol. The smallest absolute Gasteiger partial charge is 0.315 e. The summed E-state index contributed by atoms with van der Waals surface area (Å²) in [6.45, 7) is 3.19. The number of hydrogen-bond acceptors (Lipinski definition) is 8. The predicted octanol–water partition coefficient (Wildman–Crippen LogP) is 1.78. The van der Waals surface area contributed by atoms with Crippen molar-refractivity contribution in [3.8, 4) is 0 Å². The van der Waals surface area contributed by atoms with Crippen molar-refractivity contribution >= 4 is 28.7 Å². The molecule has 0 aliphatic rings. The van der Waals surface area contributed by atoms with Crippen LogP contribution in [0.1, 0.15) is 13.8 Å². The summed E-state index contributed by atoms with van der Waals surface area (Å²) in [6, 6.07) is 2.84. The number of halogens is 1. The van der Waals surface area contributed by atoms with Gasteiger partial charge >= 0.3 is 5.69 Å². The fourth-order valence-electron chi connectivity index (χ4n) is 2.00. The zero-order chi connectivity index (χ0) is 18.1. The van der Waals surface area contributed by atoms with Crippen LogP contribution in [0.5, 0.6) is 0 Å². The molecule has 0 bridgehead atoms. The Morgan fingerprint density at radius 3 is 1.88 bits per heavy atom. The molecule has 136 valence electrons. The van der Waals surface area contributed by atoms with Crippen molar-refractivity contribution in [1.29, 1.82) is 0 Å². The average Bonchev–Trinajstić information content (AvgIpc) is 2.50. The lowest BCUT2D eigenvalue weighted by Crippen LogP contribution is -2.23. The van der Waals surface area contributed by atoms with Crippen molar-refractivity contribution < 1.29 is 24.6 Å². The Hall–Kier alpha value is -1.65. The highest BCUT2D eigenvalue weighted by atomic mass is 35.5. The van der Waals surface area contributed by atoms with Crippen LogP contribution in [0.4, 0.5) is 17.1 Å². The highest BCUT2D eigenvalue weighted by Crippen LogP contribution is 2.37. The first kappa shape index (κ1) is 20.4. The molecule has 9 nitrogen and oxygen atoms in total. The standard InChI is InChI=1S/C14H22ClN3O6/c1-9(23-5-3-19)16-12-7-11(15)8-13(14(12)18(21)22)17-10(2)24-6-4-20/h7-10,16-17,19-20H,3-6H2,1-2H3. The zero-order valence-corrected chi connectivity index (χ0v) is 14.2. The second-order valence-corrected chi connectivity index (χ2v) is 5.30. The number of hydrogen-bond donors (Lipinski definition) is 4. The summed E-state index contributed by atoms with van der Waals surface area (Å²) < 4.78 is 10.5. The van der Waals surface area contributed by atoms with Crippen LogP contribution in [0.25, 0.3) is 0 Å². The van der Waals surface area contributed by atoms with E-state index in [1.165, 1.54) is 12.1 Å². The number of ether oxygens (including phenoxy) is 2. The number of aliphatic hydroxyl groups is 2. The Kier molecular flexibility index (Phi) is 8.72. The number of nitrogens with zero attached hydrogens (tertiary/aromatic N) is 1. The first-order valence-corrected chi connectivity index (χ1v) is 7.72. The van der Waals surface area contributed by atoms with E-state index in [9.17, 15) is 10.1 Å². The summed E-state index contributed by atoms with van der Waals surface area (Å²) in [5.41, 5.74) is 0.142. The fourth-order valence-corrected chi connectivity index (χ4v) is 2.21. The van der Waals surface area contributed by atoms with E-state index in [1.807, 2.05) is 0 Å². The minimum atomic E-state index is -0.565. The van der Waals surface area contributed by atoms with Crippen molar-refractivity contribution in [2.45, 2.75) is 26.3 Å². The third-order valence-corrected chi connectivity index (χ3v) is 3.11. The molecule has 0 aliphatic carbocycles. The van der Waals surface area contributed by atoms with Gasteiger partial charge in [0.15, 0.2) is 0 Å². The van der Waals surface area contributed by atoms with Gasteiger partial charge in [-0.25, -0.2) is 0 Å². The topological polar surface area (TPSA) is 126 Å². The van der Waals surface area contributed by atoms with Crippen LogP contribution in [0.15, 0.2) is 12.1 Å². The molecule has 0 spiro atoms. The van der Waals surface area contributed by atoms with E-state index in [2.05, 4.69) is 10.6 Å². The number of anilines is 2. The van der Waals surface area contributed by atoms with Crippen LogP contribution >= 0.6 is 11.6 Å². The Morgan fingerprint density at radius 2 is 1.54 bits per heavy atom. The minimum absolute atomic E-state index is 0.0969. The molecule has 1 aromatic rings.